The zero-order valence-corrected chi connectivity index (χ0v) is 13.8. The molecule has 1 aliphatic carbocycles. The normalized spacial score (nSPS) is 19.9. The zero-order chi connectivity index (χ0) is 16.9. The maximum absolute atomic E-state index is 12.4. The van der Waals surface area contributed by atoms with Crippen LogP contribution in [-0.2, 0) is 4.79 Å². The van der Waals surface area contributed by atoms with Gasteiger partial charge in [0, 0.05) is 25.0 Å². The van der Waals surface area contributed by atoms with Crippen LogP contribution in [0.3, 0.4) is 0 Å². The molecular formula is C17H24N4O3. The van der Waals surface area contributed by atoms with Gasteiger partial charge in [-0.05, 0) is 25.7 Å². The molecule has 7 heteroatoms. The molecule has 2 aliphatic rings. The smallest absolute Gasteiger partial charge is 0.356 e. The lowest BCUT2D eigenvalue weighted by molar-refractivity contribution is -0.126. The summed E-state index contributed by atoms with van der Waals surface area (Å²) in [6.45, 7) is 1.48. The predicted octanol–water partition coefficient (Wildman–Crippen LogP) is 1.84. The fourth-order valence-electron chi connectivity index (χ4n) is 3.53. The summed E-state index contributed by atoms with van der Waals surface area (Å²) in [6, 6.07) is 0.360. The van der Waals surface area contributed by atoms with Crippen LogP contribution in [-0.4, -0.2) is 46.1 Å². The molecule has 2 fully saturated rings. The maximum atomic E-state index is 12.4. The van der Waals surface area contributed by atoms with Crippen LogP contribution in [0.15, 0.2) is 12.4 Å². The van der Waals surface area contributed by atoms with Gasteiger partial charge >= 0.3 is 5.97 Å². The van der Waals surface area contributed by atoms with Crippen LogP contribution in [0.1, 0.15) is 55.4 Å². The first-order chi connectivity index (χ1) is 11.6. The monoisotopic (exact) mass is 332 g/mol. The number of aromatic nitrogens is 2. The van der Waals surface area contributed by atoms with E-state index < -0.39 is 5.97 Å². The molecule has 2 heterocycles. The molecule has 0 spiro atoms. The average molecular weight is 332 g/mol. The second-order valence-electron chi connectivity index (χ2n) is 6.67. The molecule has 0 unspecified atom stereocenters. The lowest BCUT2D eigenvalue weighted by atomic mass is 9.92. The van der Waals surface area contributed by atoms with Crippen molar-refractivity contribution in [3.05, 3.63) is 18.1 Å². The van der Waals surface area contributed by atoms with Gasteiger partial charge in [0.25, 0.3) is 0 Å². The van der Waals surface area contributed by atoms with Crippen LogP contribution in [0.25, 0.3) is 0 Å². The number of piperidine rings is 1. The van der Waals surface area contributed by atoms with E-state index in [4.69, 9.17) is 5.11 Å². The van der Waals surface area contributed by atoms with Crippen molar-refractivity contribution in [2.24, 2.45) is 5.92 Å². The van der Waals surface area contributed by atoms with Crippen molar-refractivity contribution in [3.63, 3.8) is 0 Å². The van der Waals surface area contributed by atoms with E-state index in [-0.39, 0.29) is 17.5 Å². The molecule has 1 aromatic heterocycles. The first-order valence-corrected chi connectivity index (χ1v) is 8.74. The minimum absolute atomic E-state index is 0.0551. The number of carboxylic acid groups (broad SMARTS) is 1. The second-order valence-corrected chi connectivity index (χ2v) is 6.67. The summed E-state index contributed by atoms with van der Waals surface area (Å²) < 4.78 is 0. The van der Waals surface area contributed by atoms with E-state index in [1.165, 1.54) is 31.7 Å². The summed E-state index contributed by atoms with van der Waals surface area (Å²) in [7, 11) is 0. The highest BCUT2D eigenvalue weighted by molar-refractivity contribution is 5.85. The van der Waals surface area contributed by atoms with Gasteiger partial charge in [0.1, 0.15) is 5.82 Å². The largest absolute Gasteiger partial charge is 0.476 e. The van der Waals surface area contributed by atoms with Crippen molar-refractivity contribution in [2.45, 2.75) is 51.0 Å². The molecule has 0 atom stereocenters. The van der Waals surface area contributed by atoms with Gasteiger partial charge in [0.05, 0.1) is 12.4 Å². The molecule has 0 aromatic carbocycles. The summed E-state index contributed by atoms with van der Waals surface area (Å²) in [5, 5.41) is 12.1. The zero-order valence-electron chi connectivity index (χ0n) is 13.8. The van der Waals surface area contributed by atoms with Crippen molar-refractivity contribution >= 4 is 17.7 Å². The number of carboxylic acids is 1. The van der Waals surface area contributed by atoms with Crippen LogP contribution in [0, 0.1) is 5.92 Å². The topological polar surface area (TPSA) is 95.4 Å². The standard InChI is InChI=1S/C17H24N4O3/c22-16(20-13-4-2-1-3-5-13)12-6-8-21(9-7-12)15-11-18-14(10-19-15)17(23)24/h10-13H,1-9H2,(H,20,22)(H,23,24). The molecule has 24 heavy (non-hydrogen) atoms. The fraction of sp³-hybridized carbons (Fsp3) is 0.647. The third-order valence-electron chi connectivity index (χ3n) is 5.00. The molecule has 1 saturated carbocycles. The van der Waals surface area contributed by atoms with E-state index in [0.717, 1.165) is 38.8 Å². The number of anilines is 1. The number of hydrogen-bond acceptors (Lipinski definition) is 5. The number of carbonyl (C=O) groups excluding carboxylic acids is 1. The number of rotatable bonds is 4. The Morgan fingerprint density at radius 1 is 1.04 bits per heavy atom. The van der Waals surface area contributed by atoms with Gasteiger partial charge in [-0.1, -0.05) is 19.3 Å². The first-order valence-electron chi connectivity index (χ1n) is 8.74. The summed E-state index contributed by atoms with van der Waals surface area (Å²) >= 11 is 0. The van der Waals surface area contributed by atoms with Crippen molar-refractivity contribution in [1.82, 2.24) is 15.3 Å². The van der Waals surface area contributed by atoms with Crippen molar-refractivity contribution in [2.75, 3.05) is 18.0 Å². The second kappa shape index (κ2) is 7.59. The lowest BCUT2D eigenvalue weighted by Gasteiger charge is -2.33. The molecule has 2 N–H and O–H groups in total. The molecule has 1 saturated heterocycles. The van der Waals surface area contributed by atoms with Crippen molar-refractivity contribution < 1.29 is 14.7 Å². The summed E-state index contributed by atoms with van der Waals surface area (Å²) in [4.78, 5) is 33.3. The summed E-state index contributed by atoms with van der Waals surface area (Å²) in [6.07, 6.45) is 10.3. The summed E-state index contributed by atoms with van der Waals surface area (Å²) in [5.74, 6) is -0.151. The van der Waals surface area contributed by atoms with E-state index in [2.05, 4.69) is 20.2 Å². The Labute approximate surface area is 141 Å². The third-order valence-corrected chi connectivity index (χ3v) is 5.00. The van der Waals surface area contributed by atoms with Crippen LogP contribution in [0.5, 0.6) is 0 Å². The van der Waals surface area contributed by atoms with Crippen LogP contribution in [0.2, 0.25) is 0 Å². The Hall–Kier alpha value is -2.18. The van der Waals surface area contributed by atoms with Crippen LogP contribution >= 0.6 is 0 Å². The molecule has 130 valence electrons. The van der Waals surface area contributed by atoms with Gasteiger partial charge in [-0.2, -0.15) is 0 Å². The fourth-order valence-corrected chi connectivity index (χ4v) is 3.53. The highest BCUT2D eigenvalue weighted by atomic mass is 16.4. The SMILES string of the molecule is O=C(O)c1cnc(N2CCC(C(=O)NC3CCCCC3)CC2)cn1. The van der Waals surface area contributed by atoms with E-state index in [9.17, 15) is 9.59 Å². The quantitative estimate of drug-likeness (QED) is 0.873. The Kier molecular flexibility index (Phi) is 5.27. The Morgan fingerprint density at radius 3 is 2.33 bits per heavy atom. The van der Waals surface area contributed by atoms with Gasteiger partial charge < -0.3 is 15.3 Å². The Balaban J connectivity index is 1.49. The minimum Gasteiger partial charge on any atom is -0.476 e. The van der Waals surface area contributed by atoms with Crippen molar-refractivity contribution in [3.8, 4) is 0 Å². The number of hydrogen-bond donors (Lipinski definition) is 2. The first kappa shape index (κ1) is 16.7. The van der Waals surface area contributed by atoms with E-state index in [1.807, 2.05) is 0 Å². The molecule has 1 aromatic rings. The number of carbonyl (C=O) groups is 2. The number of nitrogens with zero attached hydrogens (tertiary/aromatic N) is 3. The molecule has 1 amide bonds. The molecular weight excluding hydrogens is 308 g/mol. The van der Waals surface area contributed by atoms with E-state index in [0.29, 0.717) is 11.9 Å². The van der Waals surface area contributed by atoms with Gasteiger partial charge in [0.2, 0.25) is 5.91 Å². The Bertz CT molecular complexity index is 576. The molecule has 0 radical (unpaired) electrons. The Morgan fingerprint density at radius 2 is 1.75 bits per heavy atom. The summed E-state index contributed by atoms with van der Waals surface area (Å²) in [5.41, 5.74) is -0.0551. The number of nitrogens with one attached hydrogen (secondary N) is 1. The third kappa shape index (κ3) is 4.01. The van der Waals surface area contributed by atoms with E-state index >= 15 is 0 Å². The lowest BCUT2D eigenvalue weighted by Crippen LogP contribution is -2.44. The minimum atomic E-state index is -1.08. The van der Waals surface area contributed by atoms with E-state index in [1.54, 1.807) is 0 Å². The van der Waals surface area contributed by atoms with Gasteiger partial charge in [-0.15, -0.1) is 0 Å². The number of aromatic carboxylic acids is 1. The highest BCUT2D eigenvalue weighted by Gasteiger charge is 2.27. The van der Waals surface area contributed by atoms with Crippen LogP contribution < -0.4 is 10.2 Å². The highest BCUT2D eigenvalue weighted by Crippen LogP contribution is 2.23. The molecule has 7 nitrogen and oxygen atoms in total. The average Bonchev–Trinajstić information content (AvgIpc) is 2.63. The van der Waals surface area contributed by atoms with Crippen LogP contribution in [0.4, 0.5) is 5.82 Å². The van der Waals surface area contributed by atoms with Gasteiger partial charge in [0.15, 0.2) is 5.69 Å². The van der Waals surface area contributed by atoms with Gasteiger partial charge in [-0.25, -0.2) is 14.8 Å². The van der Waals surface area contributed by atoms with Crippen molar-refractivity contribution in [1.29, 1.82) is 0 Å². The molecule has 1 aliphatic heterocycles. The number of amides is 1. The maximum Gasteiger partial charge on any atom is 0.356 e. The predicted molar refractivity (Wildman–Crippen MR) is 88.9 cm³/mol. The molecule has 3 rings (SSSR count). The molecule has 0 bridgehead atoms. The van der Waals surface area contributed by atoms with Gasteiger partial charge in [-0.3, -0.25) is 4.79 Å².